The summed E-state index contributed by atoms with van der Waals surface area (Å²) in [6.07, 6.45) is 0.0919. The van der Waals surface area contributed by atoms with E-state index >= 15 is 0 Å². The number of hydrogen-bond acceptors (Lipinski definition) is 3. The predicted molar refractivity (Wildman–Crippen MR) is 114 cm³/mol. The molecule has 0 aliphatic heterocycles. The van der Waals surface area contributed by atoms with Crippen molar-refractivity contribution < 1.29 is 14.3 Å². The van der Waals surface area contributed by atoms with Crippen molar-refractivity contribution in [1.29, 1.82) is 0 Å². The third kappa shape index (κ3) is 6.12. The van der Waals surface area contributed by atoms with E-state index in [1.165, 1.54) is 17.4 Å². The number of ether oxygens (including phenoxy) is 1. The summed E-state index contributed by atoms with van der Waals surface area (Å²) < 4.78 is 5.60. The van der Waals surface area contributed by atoms with Gasteiger partial charge in [0, 0.05) is 18.3 Å². The van der Waals surface area contributed by atoms with Crippen molar-refractivity contribution >= 4 is 23.2 Å². The van der Waals surface area contributed by atoms with Crippen LogP contribution in [0.25, 0.3) is 0 Å². The van der Waals surface area contributed by atoms with E-state index in [1.54, 1.807) is 12.1 Å². The van der Waals surface area contributed by atoms with E-state index < -0.39 is 0 Å². The lowest BCUT2D eigenvalue weighted by atomic mass is 9.87. The molecule has 0 saturated heterocycles. The van der Waals surface area contributed by atoms with Gasteiger partial charge in [0.05, 0.1) is 6.10 Å². The molecule has 150 valence electrons. The van der Waals surface area contributed by atoms with Crippen LogP contribution in [0.4, 0.5) is 11.4 Å². The fourth-order valence-electron chi connectivity index (χ4n) is 2.76. The molecule has 0 radical (unpaired) electrons. The van der Waals surface area contributed by atoms with Gasteiger partial charge in [-0.15, -0.1) is 0 Å². The molecular weight excluding hydrogens is 352 g/mol. The zero-order chi connectivity index (χ0) is 20.9. The average molecular weight is 383 g/mol. The first-order valence-corrected chi connectivity index (χ1v) is 9.51. The summed E-state index contributed by atoms with van der Waals surface area (Å²) in [5, 5.41) is 2.82. The van der Waals surface area contributed by atoms with E-state index in [0.717, 1.165) is 5.75 Å². The van der Waals surface area contributed by atoms with Gasteiger partial charge in [-0.25, -0.2) is 0 Å². The molecule has 2 aromatic rings. The van der Waals surface area contributed by atoms with E-state index in [-0.39, 0.29) is 29.9 Å². The third-order valence-electron chi connectivity index (χ3n) is 4.24. The van der Waals surface area contributed by atoms with E-state index in [9.17, 15) is 9.59 Å². The highest BCUT2D eigenvalue weighted by Gasteiger charge is 2.18. The van der Waals surface area contributed by atoms with Crippen molar-refractivity contribution in [2.45, 2.75) is 53.1 Å². The maximum Gasteiger partial charge on any atom is 0.244 e. The summed E-state index contributed by atoms with van der Waals surface area (Å²) in [7, 11) is 0. The second-order valence-corrected chi connectivity index (χ2v) is 8.14. The topological polar surface area (TPSA) is 58.6 Å². The molecule has 0 atom stereocenters. The maximum absolute atomic E-state index is 12.5. The Hall–Kier alpha value is -2.82. The van der Waals surface area contributed by atoms with E-state index in [1.807, 2.05) is 50.2 Å². The van der Waals surface area contributed by atoms with Crippen LogP contribution in [0.15, 0.2) is 48.5 Å². The molecule has 0 heterocycles. The normalized spacial score (nSPS) is 11.2. The average Bonchev–Trinajstić information content (AvgIpc) is 2.60. The number of carbonyl (C=O) groups excluding carboxylic acids is 2. The van der Waals surface area contributed by atoms with Crippen molar-refractivity contribution in [3.63, 3.8) is 0 Å². The molecule has 0 aliphatic carbocycles. The molecule has 0 unspecified atom stereocenters. The fourth-order valence-corrected chi connectivity index (χ4v) is 2.76. The first kappa shape index (κ1) is 21.5. The number of nitrogens with zero attached hydrogens (tertiary/aromatic N) is 1. The van der Waals surface area contributed by atoms with E-state index in [4.69, 9.17) is 4.74 Å². The quantitative estimate of drug-likeness (QED) is 0.783. The first-order valence-electron chi connectivity index (χ1n) is 9.51. The highest BCUT2D eigenvalue weighted by Crippen LogP contribution is 2.25. The minimum Gasteiger partial charge on any atom is -0.491 e. The largest absolute Gasteiger partial charge is 0.491 e. The second-order valence-electron chi connectivity index (χ2n) is 8.14. The molecule has 5 heteroatoms. The molecule has 2 aromatic carbocycles. The minimum atomic E-state index is -0.257. The molecular formula is C23H30N2O3. The van der Waals surface area contributed by atoms with Gasteiger partial charge >= 0.3 is 0 Å². The number of amides is 2. The zero-order valence-corrected chi connectivity index (χ0v) is 17.6. The third-order valence-corrected chi connectivity index (χ3v) is 4.24. The zero-order valence-electron chi connectivity index (χ0n) is 17.6. The lowest BCUT2D eigenvalue weighted by Crippen LogP contribution is -2.36. The van der Waals surface area contributed by atoms with Gasteiger partial charge in [-0.1, -0.05) is 32.9 Å². The van der Waals surface area contributed by atoms with Gasteiger partial charge in [0.15, 0.2) is 0 Å². The van der Waals surface area contributed by atoms with Gasteiger partial charge in [-0.3, -0.25) is 9.59 Å². The van der Waals surface area contributed by atoms with Crippen LogP contribution in [0.2, 0.25) is 0 Å². The molecule has 0 bridgehead atoms. The monoisotopic (exact) mass is 382 g/mol. The minimum absolute atomic E-state index is 0.0302. The summed E-state index contributed by atoms with van der Waals surface area (Å²) in [6, 6.07) is 14.9. The Kier molecular flexibility index (Phi) is 6.84. The van der Waals surface area contributed by atoms with Gasteiger partial charge in [0.2, 0.25) is 11.8 Å². The number of anilines is 2. The SMILES string of the molecule is CC(=O)N(CC(=O)Nc1ccc(OC(C)C)cc1)c1ccc(C(C)(C)C)cc1. The van der Waals surface area contributed by atoms with Gasteiger partial charge < -0.3 is 15.0 Å². The summed E-state index contributed by atoms with van der Waals surface area (Å²) >= 11 is 0. The van der Waals surface area contributed by atoms with Crippen LogP contribution in [-0.2, 0) is 15.0 Å². The molecule has 0 fully saturated rings. The lowest BCUT2D eigenvalue weighted by molar-refractivity contribution is -0.120. The number of hydrogen-bond donors (Lipinski definition) is 1. The summed E-state index contributed by atoms with van der Waals surface area (Å²) in [4.78, 5) is 26.0. The van der Waals surface area contributed by atoms with E-state index in [2.05, 4.69) is 26.1 Å². The molecule has 28 heavy (non-hydrogen) atoms. The Morgan fingerprint density at radius 3 is 2.04 bits per heavy atom. The van der Waals surface area contributed by atoms with Crippen LogP contribution in [0.5, 0.6) is 5.75 Å². The molecule has 5 nitrogen and oxygen atoms in total. The lowest BCUT2D eigenvalue weighted by Gasteiger charge is -2.23. The highest BCUT2D eigenvalue weighted by atomic mass is 16.5. The molecule has 0 saturated carbocycles. The number of benzene rings is 2. The van der Waals surface area contributed by atoms with Crippen molar-refractivity contribution in [2.75, 3.05) is 16.8 Å². The van der Waals surface area contributed by atoms with Gasteiger partial charge in [-0.2, -0.15) is 0 Å². The van der Waals surface area contributed by atoms with Crippen molar-refractivity contribution in [2.24, 2.45) is 0 Å². The van der Waals surface area contributed by atoms with Crippen molar-refractivity contribution in [1.82, 2.24) is 0 Å². The van der Waals surface area contributed by atoms with Crippen LogP contribution in [0, 0.1) is 0 Å². The van der Waals surface area contributed by atoms with E-state index in [0.29, 0.717) is 11.4 Å². The standard InChI is InChI=1S/C23H30N2O3/c1-16(2)28-21-13-9-19(10-14-21)24-22(27)15-25(17(3)26)20-11-7-18(8-12-20)23(4,5)6/h7-14,16H,15H2,1-6H3,(H,24,27). The Morgan fingerprint density at radius 1 is 1.00 bits per heavy atom. The first-order chi connectivity index (χ1) is 13.1. The Balaban J connectivity index is 2.05. The molecule has 1 N–H and O–H groups in total. The molecule has 0 spiro atoms. The Labute approximate surface area is 167 Å². The fraction of sp³-hybridized carbons (Fsp3) is 0.391. The van der Waals surface area contributed by atoms with Gasteiger partial charge in [-0.05, 0) is 61.2 Å². The number of rotatable bonds is 6. The van der Waals surface area contributed by atoms with Crippen LogP contribution in [0.1, 0.15) is 47.1 Å². The summed E-state index contributed by atoms with van der Waals surface area (Å²) in [5.74, 6) is 0.310. The smallest absolute Gasteiger partial charge is 0.244 e. The molecule has 0 aliphatic rings. The van der Waals surface area contributed by atoms with Crippen molar-refractivity contribution in [3.8, 4) is 5.75 Å². The predicted octanol–water partition coefficient (Wildman–Crippen LogP) is 4.76. The van der Waals surface area contributed by atoms with Crippen LogP contribution >= 0.6 is 0 Å². The highest BCUT2D eigenvalue weighted by molar-refractivity contribution is 6.01. The molecule has 0 aromatic heterocycles. The van der Waals surface area contributed by atoms with Crippen LogP contribution < -0.4 is 15.0 Å². The summed E-state index contributed by atoms with van der Waals surface area (Å²) in [5.41, 5.74) is 2.57. The number of nitrogens with one attached hydrogen (secondary N) is 1. The summed E-state index contributed by atoms with van der Waals surface area (Å²) in [6.45, 7) is 11.7. The van der Waals surface area contributed by atoms with Gasteiger partial charge in [0.1, 0.15) is 12.3 Å². The Morgan fingerprint density at radius 2 is 1.57 bits per heavy atom. The maximum atomic E-state index is 12.5. The van der Waals surface area contributed by atoms with Crippen LogP contribution in [0.3, 0.4) is 0 Å². The van der Waals surface area contributed by atoms with Gasteiger partial charge in [0.25, 0.3) is 0 Å². The van der Waals surface area contributed by atoms with Crippen molar-refractivity contribution in [3.05, 3.63) is 54.1 Å². The molecule has 2 amide bonds. The Bertz CT molecular complexity index is 803. The number of carbonyl (C=O) groups is 2. The second kappa shape index (κ2) is 8.91. The molecule has 2 rings (SSSR count). The van der Waals surface area contributed by atoms with Crippen LogP contribution in [-0.4, -0.2) is 24.5 Å².